The Balaban J connectivity index is 2.78. The summed E-state index contributed by atoms with van der Waals surface area (Å²) >= 11 is 0. The van der Waals surface area contributed by atoms with Crippen LogP contribution >= 0.6 is 0 Å². The van der Waals surface area contributed by atoms with Crippen molar-refractivity contribution >= 4 is 15.7 Å². The number of nitrogen functional groups attached to an aromatic ring is 1. The van der Waals surface area contributed by atoms with Gasteiger partial charge in [0, 0.05) is 11.3 Å². The van der Waals surface area contributed by atoms with Gasteiger partial charge in [0.2, 0.25) is 10.0 Å². The fourth-order valence-corrected chi connectivity index (χ4v) is 2.49. The Bertz CT molecular complexity index is 637. The lowest BCUT2D eigenvalue weighted by Crippen LogP contribution is -2.14. The molecule has 2 rings (SSSR count). The molecule has 0 radical (unpaired) electrons. The van der Waals surface area contributed by atoms with E-state index in [-0.39, 0.29) is 4.90 Å². The predicted molar refractivity (Wildman–Crippen MR) is 67.7 cm³/mol. The maximum Gasteiger partial charge on any atom is 0.238 e. The monoisotopic (exact) mass is 248 g/mol. The first-order valence-corrected chi connectivity index (χ1v) is 6.51. The lowest BCUT2D eigenvalue weighted by molar-refractivity contribution is 0.598. The zero-order chi connectivity index (χ0) is 12.5. The van der Waals surface area contributed by atoms with E-state index >= 15 is 0 Å². The van der Waals surface area contributed by atoms with Crippen molar-refractivity contribution in [1.29, 1.82) is 0 Å². The molecule has 2 aromatic rings. The number of primary sulfonamides is 1. The van der Waals surface area contributed by atoms with Crippen LogP contribution in [0.3, 0.4) is 0 Å². The SMILES string of the molecule is Nc1cccc(S(N)(=O)=O)c1-c1ccccc1. The van der Waals surface area contributed by atoms with Crippen LogP contribution in [0.25, 0.3) is 11.1 Å². The highest BCUT2D eigenvalue weighted by molar-refractivity contribution is 7.89. The largest absolute Gasteiger partial charge is 0.398 e. The van der Waals surface area contributed by atoms with Crippen LogP contribution in [0.5, 0.6) is 0 Å². The van der Waals surface area contributed by atoms with Crippen molar-refractivity contribution in [2.24, 2.45) is 5.14 Å². The molecule has 0 unspecified atom stereocenters. The second kappa shape index (κ2) is 4.20. The van der Waals surface area contributed by atoms with Crippen molar-refractivity contribution in [1.82, 2.24) is 0 Å². The summed E-state index contributed by atoms with van der Waals surface area (Å²) in [4.78, 5) is 0.0451. The van der Waals surface area contributed by atoms with E-state index < -0.39 is 10.0 Å². The summed E-state index contributed by atoms with van der Waals surface area (Å²) < 4.78 is 23.0. The highest BCUT2D eigenvalue weighted by Crippen LogP contribution is 2.31. The van der Waals surface area contributed by atoms with Gasteiger partial charge in [0.05, 0.1) is 4.90 Å². The Kier molecular flexibility index (Phi) is 2.87. The molecule has 0 aliphatic carbocycles. The number of benzene rings is 2. The molecule has 0 aliphatic rings. The van der Waals surface area contributed by atoms with Crippen LogP contribution in [0.1, 0.15) is 0 Å². The Morgan fingerprint density at radius 3 is 2.12 bits per heavy atom. The number of sulfonamides is 1. The van der Waals surface area contributed by atoms with Gasteiger partial charge >= 0.3 is 0 Å². The normalized spacial score (nSPS) is 11.4. The molecular formula is C12H12N2O2S. The molecule has 4 N–H and O–H groups in total. The van der Waals surface area contributed by atoms with E-state index in [1.165, 1.54) is 6.07 Å². The third-order valence-electron chi connectivity index (χ3n) is 2.43. The van der Waals surface area contributed by atoms with Gasteiger partial charge in [0.25, 0.3) is 0 Å². The van der Waals surface area contributed by atoms with Gasteiger partial charge in [-0.2, -0.15) is 0 Å². The maximum atomic E-state index is 11.5. The van der Waals surface area contributed by atoms with Gasteiger partial charge in [-0.25, -0.2) is 13.6 Å². The van der Waals surface area contributed by atoms with E-state index in [0.29, 0.717) is 11.3 Å². The molecule has 0 heterocycles. The summed E-state index contributed by atoms with van der Waals surface area (Å²) in [5, 5.41) is 5.18. The molecule has 2 aromatic carbocycles. The van der Waals surface area contributed by atoms with Crippen molar-refractivity contribution in [2.75, 3.05) is 5.73 Å². The lowest BCUT2D eigenvalue weighted by Gasteiger charge is -2.10. The molecule has 0 spiro atoms. The Labute approximate surface area is 99.9 Å². The molecule has 0 atom stereocenters. The van der Waals surface area contributed by atoms with Gasteiger partial charge in [-0.05, 0) is 17.7 Å². The first-order chi connectivity index (χ1) is 8.00. The zero-order valence-electron chi connectivity index (χ0n) is 9.00. The average molecular weight is 248 g/mol. The summed E-state index contributed by atoms with van der Waals surface area (Å²) in [6, 6.07) is 13.7. The Hall–Kier alpha value is -1.85. The molecule has 0 fully saturated rings. The maximum absolute atomic E-state index is 11.5. The fraction of sp³-hybridized carbons (Fsp3) is 0. The van der Waals surface area contributed by atoms with E-state index in [2.05, 4.69) is 0 Å². The lowest BCUT2D eigenvalue weighted by atomic mass is 10.0. The fourth-order valence-electron chi connectivity index (χ4n) is 1.70. The quantitative estimate of drug-likeness (QED) is 0.791. The number of nitrogens with two attached hydrogens (primary N) is 2. The third kappa shape index (κ3) is 2.30. The Morgan fingerprint density at radius 2 is 1.53 bits per heavy atom. The first-order valence-electron chi connectivity index (χ1n) is 4.97. The van der Waals surface area contributed by atoms with Gasteiger partial charge in [0.15, 0.2) is 0 Å². The van der Waals surface area contributed by atoms with Crippen LogP contribution in [0.15, 0.2) is 53.4 Å². The van der Waals surface area contributed by atoms with Gasteiger partial charge in [-0.15, -0.1) is 0 Å². The van der Waals surface area contributed by atoms with Gasteiger partial charge in [0.1, 0.15) is 0 Å². The van der Waals surface area contributed by atoms with Crippen LogP contribution in [-0.4, -0.2) is 8.42 Å². The van der Waals surface area contributed by atoms with Gasteiger partial charge in [-0.1, -0.05) is 36.4 Å². The molecule has 5 heteroatoms. The predicted octanol–water partition coefficient (Wildman–Crippen LogP) is 1.58. The molecule has 88 valence electrons. The molecule has 4 nitrogen and oxygen atoms in total. The molecular weight excluding hydrogens is 236 g/mol. The highest BCUT2D eigenvalue weighted by atomic mass is 32.2. The summed E-state index contributed by atoms with van der Waals surface area (Å²) in [5.74, 6) is 0. The van der Waals surface area contributed by atoms with Crippen LogP contribution < -0.4 is 10.9 Å². The van der Waals surface area contributed by atoms with E-state index in [9.17, 15) is 8.42 Å². The average Bonchev–Trinajstić information content (AvgIpc) is 2.28. The van der Waals surface area contributed by atoms with Crippen molar-refractivity contribution in [2.45, 2.75) is 4.90 Å². The number of hydrogen-bond acceptors (Lipinski definition) is 3. The van der Waals surface area contributed by atoms with Crippen molar-refractivity contribution in [3.63, 3.8) is 0 Å². The summed E-state index contributed by atoms with van der Waals surface area (Å²) in [6.45, 7) is 0. The van der Waals surface area contributed by atoms with E-state index in [4.69, 9.17) is 10.9 Å². The molecule has 0 bridgehead atoms. The van der Waals surface area contributed by atoms with Crippen molar-refractivity contribution in [3.8, 4) is 11.1 Å². The molecule has 0 saturated heterocycles. The van der Waals surface area contributed by atoms with E-state index in [1.54, 1.807) is 24.3 Å². The summed E-state index contributed by atoms with van der Waals surface area (Å²) in [6.07, 6.45) is 0. The first kappa shape index (κ1) is 11.6. The van der Waals surface area contributed by atoms with E-state index in [0.717, 1.165) is 5.56 Å². The third-order valence-corrected chi connectivity index (χ3v) is 3.38. The van der Waals surface area contributed by atoms with Gasteiger partial charge in [-0.3, -0.25) is 0 Å². The van der Waals surface area contributed by atoms with Crippen LogP contribution in [0.2, 0.25) is 0 Å². The zero-order valence-corrected chi connectivity index (χ0v) is 9.81. The number of rotatable bonds is 2. The van der Waals surface area contributed by atoms with Crippen LogP contribution in [0, 0.1) is 0 Å². The Morgan fingerprint density at radius 1 is 0.882 bits per heavy atom. The standard InChI is InChI=1S/C12H12N2O2S/c13-10-7-4-8-11(17(14,15)16)12(10)9-5-2-1-3-6-9/h1-8H,13H2,(H2,14,15,16). The second-order valence-electron chi connectivity index (χ2n) is 3.63. The summed E-state index contributed by atoms with van der Waals surface area (Å²) in [5.41, 5.74) is 7.41. The smallest absolute Gasteiger partial charge is 0.238 e. The highest BCUT2D eigenvalue weighted by Gasteiger charge is 2.16. The van der Waals surface area contributed by atoms with E-state index in [1.807, 2.05) is 18.2 Å². The molecule has 0 aromatic heterocycles. The van der Waals surface area contributed by atoms with Crippen molar-refractivity contribution < 1.29 is 8.42 Å². The molecule has 0 amide bonds. The minimum Gasteiger partial charge on any atom is -0.398 e. The molecule has 17 heavy (non-hydrogen) atoms. The number of hydrogen-bond donors (Lipinski definition) is 2. The molecule has 0 aliphatic heterocycles. The summed E-state index contributed by atoms with van der Waals surface area (Å²) in [7, 11) is -3.78. The minimum atomic E-state index is -3.78. The second-order valence-corrected chi connectivity index (χ2v) is 5.16. The van der Waals surface area contributed by atoms with Gasteiger partial charge < -0.3 is 5.73 Å². The van der Waals surface area contributed by atoms with Crippen LogP contribution in [0.4, 0.5) is 5.69 Å². The topological polar surface area (TPSA) is 86.2 Å². The van der Waals surface area contributed by atoms with Crippen molar-refractivity contribution in [3.05, 3.63) is 48.5 Å². The number of anilines is 1. The molecule has 0 saturated carbocycles. The van der Waals surface area contributed by atoms with Crippen LogP contribution in [-0.2, 0) is 10.0 Å². The minimum absolute atomic E-state index is 0.0451.